The highest BCUT2D eigenvalue weighted by Crippen LogP contribution is 2.44. The highest BCUT2D eigenvalue weighted by atomic mass is 16.7. The molecule has 5 heterocycles. The molecule has 9 rings (SSSR count). The molecule has 7 aromatic rings. The van der Waals surface area contributed by atoms with Crippen LogP contribution in [0, 0.1) is 27.7 Å². The van der Waals surface area contributed by atoms with E-state index in [1.807, 2.05) is 81.4 Å². The zero-order valence-electron chi connectivity index (χ0n) is 39.4. The lowest BCUT2D eigenvalue weighted by Crippen LogP contribution is -2.28. The maximum atomic E-state index is 13.6. The number of hydroxylamine groups is 2. The molecule has 1 amide bonds. The molecule has 2 saturated carbocycles. The lowest BCUT2D eigenvalue weighted by atomic mass is 9.96. The van der Waals surface area contributed by atoms with Gasteiger partial charge in [0.15, 0.2) is 5.78 Å². The van der Waals surface area contributed by atoms with Crippen LogP contribution in [0.3, 0.4) is 0 Å². The van der Waals surface area contributed by atoms with E-state index in [1.165, 1.54) is 29.5 Å². The standard InChI is InChI=1S/C26H26N4O4.C23H28N4O5/c1-14-21(15(2)34-29-14)18-11-19(23(31)17-7-6-10-27-13-17)22-20(12-18)30(24(28-22)16-8-9-16)25(32)33-26(3,4)5;1-12-18(13(2)32-25-12)15-10-16(21(28)26(6)30-7)19-17(11-15)27(20(24-19)14-8-9-14)22(29)31-23(3,4)5/h6-7,10-13,16H,8-9H2,1-5H3;10-11,14H,8-9H2,1-7H3. The van der Waals surface area contributed by atoms with Crippen molar-refractivity contribution >= 4 is 45.9 Å². The third kappa shape index (κ3) is 8.99. The molecule has 5 aromatic heterocycles. The Balaban J connectivity index is 0.000000180. The van der Waals surface area contributed by atoms with Crippen LogP contribution in [0.5, 0.6) is 0 Å². The number of rotatable bonds is 8. The summed E-state index contributed by atoms with van der Waals surface area (Å²) in [6.07, 6.45) is 5.87. The number of imidazole rings is 2. The van der Waals surface area contributed by atoms with Crippen molar-refractivity contribution < 1.29 is 42.5 Å². The Morgan fingerprint density at radius 1 is 0.697 bits per heavy atom. The molecule has 17 nitrogen and oxygen atoms in total. The fourth-order valence-electron chi connectivity index (χ4n) is 7.94. The summed E-state index contributed by atoms with van der Waals surface area (Å²) in [5, 5.41) is 9.24. The van der Waals surface area contributed by atoms with E-state index in [0.29, 0.717) is 78.9 Å². The van der Waals surface area contributed by atoms with E-state index in [-0.39, 0.29) is 23.5 Å². The van der Waals surface area contributed by atoms with Crippen LogP contribution in [-0.2, 0) is 14.3 Å². The van der Waals surface area contributed by atoms with Crippen molar-refractivity contribution in [1.82, 2.24) is 39.5 Å². The van der Waals surface area contributed by atoms with Crippen molar-refractivity contribution in [2.45, 2.75) is 118 Å². The van der Waals surface area contributed by atoms with Crippen LogP contribution in [0.2, 0.25) is 0 Å². The highest BCUT2D eigenvalue weighted by Gasteiger charge is 2.37. The molecule has 0 unspecified atom stereocenters. The number of aromatic nitrogens is 7. The van der Waals surface area contributed by atoms with Crippen LogP contribution >= 0.6 is 0 Å². The van der Waals surface area contributed by atoms with Gasteiger partial charge in [0, 0.05) is 48.0 Å². The van der Waals surface area contributed by atoms with E-state index in [9.17, 15) is 19.2 Å². The van der Waals surface area contributed by atoms with Gasteiger partial charge in [0.25, 0.3) is 5.91 Å². The van der Waals surface area contributed by atoms with Crippen molar-refractivity contribution in [3.63, 3.8) is 0 Å². The summed E-state index contributed by atoms with van der Waals surface area (Å²) in [6.45, 7) is 18.2. The third-order valence-corrected chi connectivity index (χ3v) is 11.2. The van der Waals surface area contributed by atoms with Gasteiger partial charge in [-0.15, -0.1) is 0 Å². The Bertz CT molecular complexity index is 3010. The van der Waals surface area contributed by atoms with E-state index in [1.54, 1.807) is 30.5 Å². The van der Waals surface area contributed by atoms with Crippen LogP contribution in [0.4, 0.5) is 9.59 Å². The number of hydrogen-bond acceptors (Lipinski definition) is 14. The molecule has 0 aliphatic heterocycles. The van der Waals surface area contributed by atoms with Crippen molar-refractivity contribution in [3.05, 3.63) is 100 Å². The first-order valence-electron chi connectivity index (χ1n) is 21.9. The minimum Gasteiger partial charge on any atom is -0.443 e. The number of ether oxygens (including phenoxy) is 2. The smallest absolute Gasteiger partial charge is 0.420 e. The van der Waals surface area contributed by atoms with Gasteiger partial charge in [-0.25, -0.2) is 33.8 Å². The number of ketones is 1. The van der Waals surface area contributed by atoms with Crippen molar-refractivity contribution in [3.8, 4) is 22.3 Å². The Hall–Kier alpha value is -7.01. The number of pyridine rings is 1. The van der Waals surface area contributed by atoms with E-state index >= 15 is 0 Å². The summed E-state index contributed by atoms with van der Waals surface area (Å²) in [7, 11) is 2.95. The maximum Gasteiger partial charge on any atom is 0.420 e. The Labute approximate surface area is 381 Å². The number of carbonyl (C=O) groups excluding carboxylic acids is 4. The van der Waals surface area contributed by atoms with Crippen molar-refractivity contribution in [2.24, 2.45) is 0 Å². The number of fused-ring (bicyclic) bond motifs is 2. The monoisotopic (exact) mass is 898 g/mol. The van der Waals surface area contributed by atoms with Gasteiger partial charge in [-0.1, -0.05) is 10.3 Å². The molecular formula is C49H54N8O9. The molecule has 0 spiro atoms. The second kappa shape index (κ2) is 17.1. The van der Waals surface area contributed by atoms with Crippen LogP contribution in [0.1, 0.15) is 140 Å². The molecule has 0 atom stereocenters. The number of nitrogens with zero attached hydrogens (tertiary/aromatic N) is 8. The van der Waals surface area contributed by atoms with E-state index < -0.39 is 23.4 Å². The molecule has 0 bridgehead atoms. The van der Waals surface area contributed by atoms with Crippen molar-refractivity contribution in [2.75, 3.05) is 14.2 Å². The molecule has 2 aliphatic rings. The van der Waals surface area contributed by atoms with E-state index in [0.717, 1.165) is 47.4 Å². The maximum absolute atomic E-state index is 13.6. The lowest BCUT2D eigenvalue weighted by molar-refractivity contribution is -0.0755. The summed E-state index contributed by atoms with van der Waals surface area (Å²) in [5.41, 5.74) is 6.11. The Morgan fingerprint density at radius 2 is 1.15 bits per heavy atom. The second-order valence-corrected chi connectivity index (χ2v) is 18.9. The lowest BCUT2D eigenvalue weighted by Gasteiger charge is -2.20. The number of amides is 1. The van der Waals surface area contributed by atoms with Crippen LogP contribution in [0.15, 0.2) is 57.8 Å². The number of aryl methyl sites for hydroxylation is 4. The minimum absolute atomic E-state index is 0.153. The summed E-state index contributed by atoms with van der Waals surface area (Å²) >= 11 is 0. The molecule has 2 aliphatic carbocycles. The Morgan fingerprint density at radius 3 is 1.53 bits per heavy atom. The number of benzene rings is 2. The molecular weight excluding hydrogens is 845 g/mol. The van der Waals surface area contributed by atoms with Crippen LogP contribution in [0.25, 0.3) is 44.3 Å². The normalized spacial score (nSPS) is 14.0. The second-order valence-electron chi connectivity index (χ2n) is 18.9. The topological polar surface area (TPSA) is 200 Å². The average Bonchev–Trinajstić information content (AvgIpc) is 4.16. The average molecular weight is 899 g/mol. The molecule has 344 valence electrons. The zero-order chi connectivity index (χ0) is 47.6. The number of hydrogen-bond donors (Lipinski definition) is 0. The first kappa shape index (κ1) is 45.6. The summed E-state index contributed by atoms with van der Waals surface area (Å²) < 4.78 is 25.2. The largest absolute Gasteiger partial charge is 0.443 e. The molecule has 0 saturated heterocycles. The molecule has 17 heteroatoms. The van der Waals surface area contributed by atoms with Gasteiger partial charge in [0.1, 0.15) is 45.4 Å². The highest BCUT2D eigenvalue weighted by molar-refractivity contribution is 6.17. The van der Waals surface area contributed by atoms with Gasteiger partial charge < -0.3 is 18.5 Å². The SMILES string of the molecule is CON(C)C(=O)c1cc(-c2c(C)noc2C)cc2c1nc(C1CC1)n2C(=O)OC(C)(C)C.Cc1noc(C)c1-c1cc(C(=O)c2cccnc2)c2nc(C3CC3)n(C(=O)OC(C)(C)C)c2c1. The summed E-state index contributed by atoms with van der Waals surface area (Å²) in [4.78, 5) is 72.2. The van der Waals surface area contributed by atoms with Crippen LogP contribution in [-0.4, -0.2) is 88.7 Å². The van der Waals surface area contributed by atoms with Gasteiger partial charge in [-0.3, -0.25) is 19.4 Å². The van der Waals surface area contributed by atoms with Gasteiger partial charge in [0.2, 0.25) is 0 Å². The first-order chi connectivity index (χ1) is 31.1. The summed E-state index contributed by atoms with van der Waals surface area (Å²) in [6, 6.07) is 10.7. The van der Waals surface area contributed by atoms with Gasteiger partial charge in [-0.05, 0) is 142 Å². The summed E-state index contributed by atoms with van der Waals surface area (Å²) in [5.74, 6) is 2.20. The predicted octanol–water partition coefficient (Wildman–Crippen LogP) is 10.2. The third-order valence-electron chi connectivity index (χ3n) is 11.2. The molecule has 2 aromatic carbocycles. The quantitative estimate of drug-likeness (QED) is 0.103. The van der Waals surface area contributed by atoms with Crippen molar-refractivity contribution in [1.29, 1.82) is 0 Å². The Kier molecular flexibility index (Phi) is 11.8. The van der Waals surface area contributed by atoms with Gasteiger partial charge in [0.05, 0.1) is 40.7 Å². The molecule has 0 radical (unpaired) electrons. The fourth-order valence-corrected chi connectivity index (χ4v) is 7.94. The molecule has 66 heavy (non-hydrogen) atoms. The fraction of sp³-hybridized carbons (Fsp3) is 0.408. The van der Waals surface area contributed by atoms with Gasteiger partial charge >= 0.3 is 12.2 Å². The molecule has 2 fully saturated rings. The predicted molar refractivity (Wildman–Crippen MR) is 243 cm³/mol. The molecule has 0 N–H and O–H groups in total. The zero-order valence-corrected chi connectivity index (χ0v) is 39.4. The first-order valence-corrected chi connectivity index (χ1v) is 21.9. The van der Waals surface area contributed by atoms with E-state index in [2.05, 4.69) is 15.3 Å². The van der Waals surface area contributed by atoms with E-state index in [4.69, 9.17) is 33.3 Å². The van der Waals surface area contributed by atoms with Crippen LogP contribution < -0.4 is 0 Å². The minimum atomic E-state index is -0.678. The number of carbonyl (C=O) groups is 4. The van der Waals surface area contributed by atoms with Gasteiger partial charge in [-0.2, -0.15) is 0 Å².